The van der Waals surface area contributed by atoms with Crippen molar-refractivity contribution in [2.75, 3.05) is 6.61 Å². The lowest BCUT2D eigenvalue weighted by Gasteiger charge is -2.16. The average molecular weight is 251 g/mol. The first-order valence-electron chi connectivity index (χ1n) is 6.12. The van der Waals surface area contributed by atoms with E-state index in [0.29, 0.717) is 12.2 Å². The minimum absolute atomic E-state index is 0.139. The molecule has 0 aliphatic heterocycles. The van der Waals surface area contributed by atoms with E-state index < -0.39 is 6.23 Å². The summed E-state index contributed by atoms with van der Waals surface area (Å²) in [4.78, 5) is 10.9. The van der Waals surface area contributed by atoms with E-state index in [1.165, 1.54) is 0 Å². The number of ketones is 1. The van der Waals surface area contributed by atoms with E-state index in [0.717, 1.165) is 5.56 Å². The molecule has 1 rings (SSSR count). The molecule has 1 atom stereocenters. The summed E-state index contributed by atoms with van der Waals surface area (Å²) in [5.74, 6) is 0.826. The molecule has 1 aromatic rings. The highest BCUT2D eigenvalue weighted by molar-refractivity contribution is 5.78. The summed E-state index contributed by atoms with van der Waals surface area (Å²) in [6.45, 7) is 5.68. The van der Waals surface area contributed by atoms with Crippen LogP contribution < -0.4 is 10.1 Å². The second-order valence-corrected chi connectivity index (χ2v) is 4.67. The first kappa shape index (κ1) is 14.7. The molecule has 0 saturated carbocycles. The molecule has 0 saturated heterocycles. The van der Waals surface area contributed by atoms with Gasteiger partial charge in [-0.2, -0.15) is 0 Å². The van der Waals surface area contributed by atoms with Gasteiger partial charge < -0.3 is 9.84 Å². The third kappa shape index (κ3) is 5.80. The van der Waals surface area contributed by atoms with Gasteiger partial charge in [-0.05, 0) is 38.5 Å². The normalized spacial score (nSPS) is 12.5. The average Bonchev–Trinajstić information content (AvgIpc) is 2.26. The number of carbonyl (C=O) groups is 1. The molecule has 0 aliphatic carbocycles. The number of Topliss-reactive ketones (excluding diaryl/α,β-unsaturated/α-hetero) is 1. The van der Waals surface area contributed by atoms with E-state index >= 15 is 0 Å². The van der Waals surface area contributed by atoms with Gasteiger partial charge in [0.15, 0.2) is 0 Å². The van der Waals surface area contributed by atoms with Gasteiger partial charge in [0.05, 0.1) is 0 Å². The van der Waals surface area contributed by atoms with Crippen LogP contribution in [0, 0.1) is 0 Å². The van der Waals surface area contributed by atoms with Gasteiger partial charge in [0.25, 0.3) is 0 Å². The van der Waals surface area contributed by atoms with Crippen molar-refractivity contribution in [3.05, 3.63) is 29.8 Å². The fraction of sp³-hybridized carbons (Fsp3) is 0.500. The van der Waals surface area contributed by atoms with Gasteiger partial charge in [0.2, 0.25) is 0 Å². The predicted octanol–water partition coefficient (Wildman–Crippen LogP) is 1.51. The molecule has 4 heteroatoms. The highest BCUT2D eigenvalue weighted by atomic mass is 16.5. The van der Waals surface area contributed by atoms with Crippen molar-refractivity contribution in [1.29, 1.82) is 0 Å². The van der Waals surface area contributed by atoms with Crippen molar-refractivity contribution in [3.8, 4) is 5.75 Å². The minimum Gasteiger partial charge on any atom is -0.489 e. The number of hydrogen-bond donors (Lipinski definition) is 2. The largest absolute Gasteiger partial charge is 0.489 e. The number of ether oxygens (including phenoxy) is 1. The highest BCUT2D eigenvalue weighted by Gasteiger charge is 2.06. The summed E-state index contributed by atoms with van der Waals surface area (Å²) in [5, 5.41) is 12.5. The molecule has 0 spiro atoms. The summed E-state index contributed by atoms with van der Waals surface area (Å²) in [7, 11) is 0. The molecule has 0 radical (unpaired) electrons. The molecule has 4 nitrogen and oxygen atoms in total. The number of rotatable bonds is 7. The van der Waals surface area contributed by atoms with Gasteiger partial charge in [0, 0.05) is 12.5 Å². The van der Waals surface area contributed by atoms with Crippen LogP contribution in [-0.2, 0) is 11.2 Å². The summed E-state index contributed by atoms with van der Waals surface area (Å²) in [6.07, 6.45) is -0.237. The summed E-state index contributed by atoms with van der Waals surface area (Å²) in [6, 6.07) is 7.54. The van der Waals surface area contributed by atoms with Crippen LogP contribution in [0.2, 0.25) is 0 Å². The van der Waals surface area contributed by atoms with Crippen molar-refractivity contribution < 1.29 is 14.6 Å². The topological polar surface area (TPSA) is 58.6 Å². The second kappa shape index (κ2) is 7.13. The molecule has 0 heterocycles. The molecule has 0 bridgehead atoms. The Bertz CT molecular complexity index is 373. The van der Waals surface area contributed by atoms with Gasteiger partial charge in [0.1, 0.15) is 24.4 Å². The maximum Gasteiger partial charge on any atom is 0.139 e. The molecule has 100 valence electrons. The maximum atomic E-state index is 10.9. The maximum absolute atomic E-state index is 10.9. The standard InChI is InChI=1S/C14H21NO3/c1-10(2)15-14(17)9-18-13-6-4-12(5-7-13)8-11(3)16/h4-7,10,14-15,17H,8-9H2,1-3H3. The third-order valence-electron chi connectivity index (χ3n) is 2.31. The Labute approximate surface area is 108 Å². The van der Waals surface area contributed by atoms with Gasteiger partial charge in [-0.1, -0.05) is 12.1 Å². The molecule has 2 N–H and O–H groups in total. The minimum atomic E-state index is -0.679. The van der Waals surface area contributed by atoms with E-state index in [1.807, 2.05) is 26.0 Å². The van der Waals surface area contributed by atoms with Crippen molar-refractivity contribution >= 4 is 5.78 Å². The molecule has 1 aromatic carbocycles. The van der Waals surface area contributed by atoms with Gasteiger partial charge in [-0.15, -0.1) is 0 Å². The number of nitrogens with one attached hydrogen (secondary N) is 1. The zero-order valence-electron chi connectivity index (χ0n) is 11.1. The van der Waals surface area contributed by atoms with Crippen molar-refractivity contribution in [1.82, 2.24) is 5.32 Å². The number of aliphatic hydroxyl groups is 1. The van der Waals surface area contributed by atoms with Gasteiger partial charge in [-0.25, -0.2) is 0 Å². The van der Waals surface area contributed by atoms with Crippen molar-refractivity contribution in [3.63, 3.8) is 0 Å². The lowest BCUT2D eigenvalue weighted by atomic mass is 10.1. The Morgan fingerprint density at radius 1 is 1.33 bits per heavy atom. The predicted molar refractivity (Wildman–Crippen MR) is 70.6 cm³/mol. The van der Waals surface area contributed by atoms with Crippen molar-refractivity contribution in [2.45, 2.75) is 39.5 Å². The number of carbonyl (C=O) groups excluding carboxylic acids is 1. The lowest BCUT2D eigenvalue weighted by molar-refractivity contribution is -0.116. The fourth-order valence-electron chi connectivity index (χ4n) is 1.60. The Kier molecular flexibility index (Phi) is 5.82. The zero-order valence-corrected chi connectivity index (χ0v) is 11.1. The van der Waals surface area contributed by atoms with Crippen LogP contribution in [0.5, 0.6) is 5.75 Å². The SMILES string of the molecule is CC(=O)Cc1ccc(OCC(O)NC(C)C)cc1. The van der Waals surface area contributed by atoms with Crippen LogP contribution in [0.1, 0.15) is 26.3 Å². The monoisotopic (exact) mass is 251 g/mol. The molecule has 18 heavy (non-hydrogen) atoms. The highest BCUT2D eigenvalue weighted by Crippen LogP contribution is 2.12. The number of benzene rings is 1. The first-order chi connectivity index (χ1) is 8.47. The first-order valence-corrected chi connectivity index (χ1v) is 6.12. The Morgan fingerprint density at radius 2 is 1.94 bits per heavy atom. The van der Waals surface area contributed by atoms with E-state index in [-0.39, 0.29) is 18.4 Å². The van der Waals surface area contributed by atoms with Gasteiger partial charge >= 0.3 is 0 Å². The molecular formula is C14H21NO3. The summed E-state index contributed by atoms with van der Waals surface area (Å²) >= 11 is 0. The second-order valence-electron chi connectivity index (χ2n) is 4.67. The van der Waals surface area contributed by atoms with Crippen LogP contribution in [0.4, 0.5) is 0 Å². The molecule has 1 unspecified atom stereocenters. The molecule has 0 amide bonds. The molecule has 0 aliphatic rings. The zero-order chi connectivity index (χ0) is 13.5. The molecular weight excluding hydrogens is 230 g/mol. The van der Waals surface area contributed by atoms with Crippen LogP contribution >= 0.6 is 0 Å². The third-order valence-corrected chi connectivity index (χ3v) is 2.31. The van der Waals surface area contributed by atoms with Gasteiger partial charge in [-0.3, -0.25) is 10.1 Å². The quantitative estimate of drug-likeness (QED) is 0.721. The number of hydrogen-bond acceptors (Lipinski definition) is 4. The Balaban J connectivity index is 2.41. The fourth-order valence-corrected chi connectivity index (χ4v) is 1.60. The van der Waals surface area contributed by atoms with Crippen LogP contribution in [-0.4, -0.2) is 29.8 Å². The Hall–Kier alpha value is -1.39. The van der Waals surface area contributed by atoms with Crippen LogP contribution in [0.3, 0.4) is 0 Å². The van der Waals surface area contributed by atoms with E-state index in [4.69, 9.17) is 4.74 Å². The van der Waals surface area contributed by atoms with Crippen molar-refractivity contribution in [2.24, 2.45) is 0 Å². The molecule has 0 fully saturated rings. The molecule has 0 aromatic heterocycles. The van der Waals surface area contributed by atoms with E-state index in [2.05, 4.69) is 5.32 Å². The summed E-state index contributed by atoms with van der Waals surface area (Å²) < 4.78 is 5.43. The lowest BCUT2D eigenvalue weighted by Crippen LogP contribution is -2.38. The Morgan fingerprint density at radius 3 is 2.44 bits per heavy atom. The number of aliphatic hydroxyl groups excluding tert-OH is 1. The smallest absolute Gasteiger partial charge is 0.139 e. The van der Waals surface area contributed by atoms with E-state index in [9.17, 15) is 9.90 Å². The van der Waals surface area contributed by atoms with E-state index in [1.54, 1.807) is 19.1 Å². The van der Waals surface area contributed by atoms with Crippen LogP contribution in [0.25, 0.3) is 0 Å². The van der Waals surface area contributed by atoms with Crippen LogP contribution in [0.15, 0.2) is 24.3 Å². The summed E-state index contributed by atoms with van der Waals surface area (Å²) in [5.41, 5.74) is 0.968.